The second-order valence-corrected chi connectivity index (χ2v) is 5.95. The molecule has 0 bridgehead atoms. The van der Waals surface area contributed by atoms with E-state index in [1.165, 1.54) is 12.1 Å². The minimum absolute atomic E-state index is 0.0404. The van der Waals surface area contributed by atoms with Crippen LogP contribution in [0.2, 0.25) is 0 Å². The van der Waals surface area contributed by atoms with Crippen LogP contribution in [0.3, 0.4) is 0 Å². The molecule has 0 atom stereocenters. The molecule has 0 aliphatic carbocycles. The molecule has 6 nitrogen and oxygen atoms in total. The van der Waals surface area contributed by atoms with Crippen LogP contribution in [0, 0.1) is 11.7 Å². The van der Waals surface area contributed by atoms with Crippen molar-refractivity contribution in [2.75, 3.05) is 11.9 Å². The van der Waals surface area contributed by atoms with Crippen LogP contribution in [0.15, 0.2) is 18.2 Å². The predicted octanol–water partition coefficient (Wildman–Crippen LogP) is 2.80. The highest BCUT2D eigenvalue weighted by atomic mass is 19.1. The van der Waals surface area contributed by atoms with Crippen molar-refractivity contribution in [2.45, 2.75) is 39.5 Å². The van der Waals surface area contributed by atoms with Crippen molar-refractivity contribution in [1.29, 1.82) is 0 Å². The number of unbranched alkanes of at least 4 members (excludes halogenated alkanes) is 1. The van der Waals surface area contributed by atoms with Gasteiger partial charge in [-0.25, -0.2) is 4.39 Å². The lowest BCUT2D eigenvalue weighted by molar-refractivity contribution is -0.137. The predicted molar refractivity (Wildman–Crippen MR) is 88.3 cm³/mol. The Balaban J connectivity index is 2.52. The Morgan fingerprint density at radius 1 is 1.21 bits per heavy atom. The number of carbonyl (C=O) groups is 3. The number of anilines is 1. The largest absolute Gasteiger partial charge is 0.481 e. The molecular weight excluding hydrogens is 315 g/mol. The van der Waals surface area contributed by atoms with Gasteiger partial charge in [-0.05, 0) is 37.0 Å². The number of aliphatic carboxylic acids is 1. The molecule has 1 rings (SSSR count). The number of nitrogens with one attached hydrogen (secondary N) is 2. The van der Waals surface area contributed by atoms with E-state index in [0.29, 0.717) is 19.4 Å². The molecule has 0 unspecified atom stereocenters. The number of carboxylic acid groups (broad SMARTS) is 1. The third kappa shape index (κ3) is 7.21. The van der Waals surface area contributed by atoms with Crippen LogP contribution >= 0.6 is 0 Å². The maximum absolute atomic E-state index is 14.0. The first kappa shape index (κ1) is 19.6. The summed E-state index contributed by atoms with van der Waals surface area (Å²) in [7, 11) is 0. The summed E-state index contributed by atoms with van der Waals surface area (Å²) in [5.41, 5.74) is 0.186. The molecule has 0 radical (unpaired) electrons. The molecule has 3 N–H and O–H groups in total. The molecule has 132 valence electrons. The number of carbonyl (C=O) groups excluding carboxylic acids is 2. The van der Waals surface area contributed by atoms with E-state index in [4.69, 9.17) is 5.11 Å². The Morgan fingerprint density at radius 3 is 2.50 bits per heavy atom. The molecule has 0 heterocycles. The minimum Gasteiger partial charge on any atom is -0.481 e. The standard InChI is InChI=1S/C17H23FN2O4/c1-11(2)9-15(21)20-14-7-6-12(10-13(14)18)17(24)19-8-4-3-5-16(22)23/h6-7,10-11H,3-5,8-9H2,1-2H3,(H,19,24)(H,20,21)(H,22,23). The number of hydrogen-bond acceptors (Lipinski definition) is 3. The van der Waals surface area contributed by atoms with Gasteiger partial charge in [0.05, 0.1) is 5.69 Å². The van der Waals surface area contributed by atoms with Crippen LogP contribution in [-0.2, 0) is 9.59 Å². The van der Waals surface area contributed by atoms with E-state index in [1.54, 1.807) is 0 Å². The molecule has 0 aliphatic rings. The molecular formula is C17H23FN2O4. The first-order valence-electron chi connectivity index (χ1n) is 7.89. The van der Waals surface area contributed by atoms with Gasteiger partial charge in [-0.2, -0.15) is 0 Å². The summed E-state index contributed by atoms with van der Waals surface area (Å²) in [6, 6.07) is 3.85. The molecule has 0 aromatic heterocycles. The van der Waals surface area contributed by atoms with Crippen molar-refractivity contribution in [3.05, 3.63) is 29.6 Å². The Labute approximate surface area is 140 Å². The summed E-state index contributed by atoms with van der Waals surface area (Å²) in [4.78, 5) is 33.9. The summed E-state index contributed by atoms with van der Waals surface area (Å²) < 4.78 is 14.0. The van der Waals surface area contributed by atoms with Crippen LogP contribution in [-0.4, -0.2) is 29.4 Å². The molecule has 0 aliphatic heterocycles. The quantitative estimate of drug-likeness (QED) is 0.603. The number of benzene rings is 1. The first-order valence-corrected chi connectivity index (χ1v) is 7.89. The highest BCUT2D eigenvalue weighted by Crippen LogP contribution is 2.17. The number of carboxylic acids is 1. The lowest BCUT2D eigenvalue weighted by Crippen LogP contribution is -2.24. The maximum Gasteiger partial charge on any atom is 0.303 e. The van der Waals surface area contributed by atoms with Gasteiger partial charge in [0.1, 0.15) is 5.82 Å². The van der Waals surface area contributed by atoms with Crippen molar-refractivity contribution in [1.82, 2.24) is 5.32 Å². The van der Waals surface area contributed by atoms with Gasteiger partial charge in [-0.1, -0.05) is 13.8 Å². The van der Waals surface area contributed by atoms with Crippen molar-refractivity contribution >= 4 is 23.5 Å². The summed E-state index contributed by atoms with van der Waals surface area (Å²) in [5.74, 6) is -2.10. The molecule has 2 amide bonds. The summed E-state index contributed by atoms with van der Waals surface area (Å²) >= 11 is 0. The van der Waals surface area contributed by atoms with E-state index in [2.05, 4.69) is 10.6 Å². The minimum atomic E-state index is -0.876. The van der Waals surface area contributed by atoms with E-state index in [9.17, 15) is 18.8 Å². The van der Waals surface area contributed by atoms with E-state index in [0.717, 1.165) is 6.07 Å². The molecule has 0 fully saturated rings. The Kier molecular flexibility index (Phi) is 7.88. The van der Waals surface area contributed by atoms with E-state index < -0.39 is 17.7 Å². The first-order chi connectivity index (χ1) is 11.3. The van der Waals surface area contributed by atoms with Gasteiger partial charge in [0, 0.05) is 24.9 Å². The smallest absolute Gasteiger partial charge is 0.303 e. The number of hydrogen-bond donors (Lipinski definition) is 3. The van der Waals surface area contributed by atoms with Crippen molar-refractivity contribution in [3.8, 4) is 0 Å². The summed E-state index contributed by atoms with van der Waals surface area (Å²) in [6.45, 7) is 4.10. The Hall–Kier alpha value is -2.44. The molecule has 1 aromatic carbocycles. The molecule has 1 aromatic rings. The van der Waals surface area contributed by atoms with Gasteiger partial charge in [0.25, 0.3) is 5.91 Å². The van der Waals surface area contributed by atoms with Gasteiger partial charge in [-0.15, -0.1) is 0 Å². The lowest BCUT2D eigenvalue weighted by atomic mass is 10.1. The second kappa shape index (κ2) is 9.64. The highest BCUT2D eigenvalue weighted by molar-refractivity contribution is 5.96. The number of halogens is 1. The van der Waals surface area contributed by atoms with Crippen LogP contribution in [0.1, 0.15) is 49.9 Å². The van der Waals surface area contributed by atoms with E-state index >= 15 is 0 Å². The molecule has 0 saturated heterocycles. The van der Waals surface area contributed by atoms with Gasteiger partial charge in [-0.3, -0.25) is 14.4 Å². The van der Waals surface area contributed by atoms with E-state index in [-0.39, 0.29) is 35.9 Å². The van der Waals surface area contributed by atoms with E-state index in [1.807, 2.05) is 13.8 Å². The van der Waals surface area contributed by atoms with Crippen LogP contribution in [0.5, 0.6) is 0 Å². The lowest BCUT2D eigenvalue weighted by Gasteiger charge is -2.10. The van der Waals surface area contributed by atoms with Crippen molar-refractivity contribution in [3.63, 3.8) is 0 Å². The number of amides is 2. The highest BCUT2D eigenvalue weighted by Gasteiger charge is 2.12. The Morgan fingerprint density at radius 2 is 1.92 bits per heavy atom. The third-order valence-electron chi connectivity index (χ3n) is 3.20. The molecule has 0 saturated carbocycles. The summed E-state index contributed by atoms with van der Waals surface area (Å²) in [5, 5.41) is 13.6. The average Bonchev–Trinajstić information content (AvgIpc) is 2.47. The second-order valence-electron chi connectivity index (χ2n) is 5.95. The molecule has 7 heteroatoms. The zero-order valence-electron chi connectivity index (χ0n) is 13.9. The normalized spacial score (nSPS) is 10.5. The number of rotatable bonds is 9. The summed E-state index contributed by atoms with van der Waals surface area (Å²) in [6.07, 6.45) is 1.34. The van der Waals surface area contributed by atoms with Crippen molar-refractivity contribution in [2.24, 2.45) is 5.92 Å². The molecule has 0 spiro atoms. The van der Waals surface area contributed by atoms with Gasteiger partial charge in [0.2, 0.25) is 5.91 Å². The fourth-order valence-corrected chi connectivity index (χ4v) is 2.03. The van der Waals surface area contributed by atoms with Crippen molar-refractivity contribution < 1.29 is 23.9 Å². The third-order valence-corrected chi connectivity index (χ3v) is 3.20. The zero-order valence-corrected chi connectivity index (χ0v) is 13.9. The maximum atomic E-state index is 14.0. The van der Waals surface area contributed by atoms with Crippen LogP contribution in [0.4, 0.5) is 10.1 Å². The zero-order chi connectivity index (χ0) is 18.1. The fourth-order valence-electron chi connectivity index (χ4n) is 2.03. The topological polar surface area (TPSA) is 95.5 Å². The van der Waals surface area contributed by atoms with Crippen LogP contribution < -0.4 is 10.6 Å². The Bertz CT molecular complexity index is 602. The van der Waals surface area contributed by atoms with Gasteiger partial charge < -0.3 is 15.7 Å². The SMILES string of the molecule is CC(C)CC(=O)Nc1ccc(C(=O)NCCCCC(=O)O)cc1F. The monoisotopic (exact) mass is 338 g/mol. The van der Waals surface area contributed by atoms with Gasteiger partial charge >= 0.3 is 5.97 Å². The van der Waals surface area contributed by atoms with Gasteiger partial charge in [0.15, 0.2) is 0 Å². The molecule has 24 heavy (non-hydrogen) atoms. The average molecular weight is 338 g/mol. The van der Waals surface area contributed by atoms with Crippen LogP contribution in [0.25, 0.3) is 0 Å². The fraction of sp³-hybridized carbons (Fsp3) is 0.471.